The quantitative estimate of drug-likeness (QED) is 0.594. The zero-order valence-corrected chi connectivity index (χ0v) is 19.6. The predicted molar refractivity (Wildman–Crippen MR) is 134 cm³/mol. The number of hydrogen-bond donors (Lipinski definition) is 1. The van der Waals surface area contributed by atoms with Crippen LogP contribution < -0.4 is 5.73 Å². The highest BCUT2D eigenvalue weighted by Gasteiger charge is 2.44. The Hall–Kier alpha value is -3.05. The number of pyridine rings is 1. The van der Waals surface area contributed by atoms with Crippen molar-refractivity contribution in [3.8, 4) is 0 Å². The minimum atomic E-state index is -0.410. The summed E-state index contributed by atoms with van der Waals surface area (Å²) >= 11 is 0. The molecule has 1 aromatic heterocycles. The van der Waals surface area contributed by atoms with Gasteiger partial charge in [-0.25, -0.2) is 0 Å². The van der Waals surface area contributed by atoms with Crippen LogP contribution in [0.2, 0.25) is 0 Å². The van der Waals surface area contributed by atoms with Crippen LogP contribution in [0.3, 0.4) is 0 Å². The van der Waals surface area contributed by atoms with Crippen molar-refractivity contribution < 1.29 is 9.59 Å². The number of carbonyl (C=O) groups excluding carboxylic acids is 2. The maximum atomic E-state index is 13.8. The molecule has 34 heavy (non-hydrogen) atoms. The van der Waals surface area contributed by atoms with Crippen molar-refractivity contribution in [2.24, 2.45) is 17.6 Å². The summed E-state index contributed by atoms with van der Waals surface area (Å²) in [5.41, 5.74) is 8.89. The monoisotopic (exact) mass is 455 g/mol. The number of ketones is 1. The third kappa shape index (κ3) is 4.62. The second-order valence-corrected chi connectivity index (χ2v) is 9.91. The summed E-state index contributed by atoms with van der Waals surface area (Å²) in [4.78, 5) is 33.7. The molecule has 5 nitrogen and oxygen atoms in total. The summed E-state index contributed by atoms with van der Waals surface area (Å²) in [6, 6.07) is 19.7. The van der Waals surface area contributed by atoms with E-state index in [4.69, 9.17) is 5.73 Å². The SMILES string of the molecule is NCC1CCC(C(=O)N2CCC(c3ccccc3)[C@H]2C(=O)Cc2ccc3ncccc3c2)CC1. The maximum Gasteiger partial charge on any atom is 0.226 e. The molecule has 2 N–H and O–H groups in total. The molecule has 1 amide bonds. The van der Waals surface area contributed by atoms with E-state index in [2.05, 4.69) is 17.1 Å². The zero-order valence-electron chi connectivity index (χ0n) is 19.6. The number of rotatable bonds is 6. The highest BCUT2D eigenvalue weighted by molar-refractivity contribution is 5.93. The molecule has 176 valence electrons. The molecule has 0 bridgehead atoms. The smallest absolute Gasteiger partial charge is 0.226 e. The van der Waals surface area contributed by atoms with Crippen LogP contribution in [0, 0.1) is 11.8 Å². The van der Waals surface area contributed by atoms with Crippen molar-refractivity contribution in [3.63, 3.8) is 0 Å². The van der Waals surface area contributed by atoms with Gasteiger partial charge in [0, 0.05) is 36.4 Å². The molecule has 5 rings (SSSR count). The predicted octanol–water partition coefficient (Wildman–Crippen LogP) is 4.50. The first-order valence-corrected chi connectivity index (χ1v) is 12.6. The zero-order chi connectivity index (χ0) is 23.5. The fraction of sp³-hybridized carbons (Fsp3) is 0.414. The van der Waals surface area contributed by atoms with Crippen LogP contribution in [-0.2, 0) is 16.0 Å². The number of nitrogens with zero attached hydrogens (tertiary/aromatic N) is 2. The molecule has 0 radical (unpaired) electrons. The van der Waals surface area contributed by atoms with Crippen molar-refractivity contribution in [2.45, 2.75) is 50.5 Å². The molecular formula is C29H33N3O2. The summed E-state index contributed by atoms with van der Waals surface area (Å²) in [7, 11) is 0. The fourth-order valence-corrected chi connectivity index (χ4v) is 5.91. The van der Waals surface area contributed by atoms with Crippen LogP contribution in [0.5, 0.6) is 0 Å². The highest BCUT2D eigenvalue weighted by atomic mass is 16.2. The number of Topliss-reactive ketones (excluding diaryl/α,β-unsaturated/α-hetero) is 1. The number of amides is 1. The summed E-state index contributed by atoms with van der Waals surface area (Å²) in [5.74, 6) is 0.868. The standard InChI is InChI=1S/C29H33N3O2/c30-19-20-8-11-23(12-9-20)29(34)32-16-14-25(22-5-2-1-3-6-22)28(32)27(33)18-21-10-13-26-24(17-21)7-4-15-31-26/h1-7,10,13,15,17,20,23,25,28H,8-9,11-12,14,16,18-19,30H2/t20?,23?,25?,28-/m0/s1. The minimum absolute atomic E-state index is 0.0133. The normalized spacial score (nSPS) is 24.9. The van der Waals surface area contributed by atoms with Gasteiger partial charge in [0.2, 0.25) is 5.91 Å². The van der Waals surface area contributed by atoms with E-state index >= 15 is 0 Å². The van der Waals surface area contributed by atoms with Gasteiger partial charge in [-0.05, 0) is 73.9 Å². The van der Waals surface area contributed by atoms with E-state index in [9.17, 15) is 9.59 Å². The van der Waals surface area contributed by atoms with E-state index in [0.717, 1.165) is 54.1 Å². The molecule has 5 heteroatoms. The third-order valence-electron chi connectivity index (χ3n) is 7.81. The molecule has 2 atom stereocenters. The number of likely N-dealkylation sites (tertiary alicyclic amines) is 1. The van der Waals surface area contributed by atoms with Crippen LogP contribution in [-0.4, -0.2) is 40.7 Å². The summed E-state index contributed by atoms with van der Waals surface area (Å²) < 4.78 is 0. The van der Waals surface area contributed by atoms with E-state index in [1.807, 2.05) is 53.4 Å². The van der Waals surface area contributed by atoms with E-state index in [-0.39, 0.29) is 23.5 Å². The molecule has 3 aromatic rings. The first-order valence-electron chi connectivity index (χ1n) is 12.6. The number of aromatic nitrogens is 1. The molecule has 1 saturated heterocycles. The summed E-state index contributed by atoms with van der Waals surface area (Å²) in [5, 5.41) is 1.03. The summed E-state index contributed by atoms with van der Waals surface area (Å²) in [6.45, 7) is 1.34. The Morgan fingerprint density at radius 1 is 0.941 bits per heavy atom. The van der Waals surface area contributed by atoms with Gasteiger partial charge in [0.15, 0.2) is 5.78 Å². The molecule has 2 fully saturated rings. The van der Waals surface area contributed by atoms with Gasteiger partial charge >= 0.3 is 0 Å². The highest BCUT2D eigenvalue weighted by Crippen LogP contribution is 2.38. The largest absolute Gasteiger partial charge is 0.332 e. The lowest BCUT2D eigenvalue weighted by atomic mass is 9.81. The Bertz CT molecular complexity index is 1150. The van der Waals surface area contributed by atoms with Crippen molar-refractivity contribution in [2.75, 3.05) is 13.1 Å². The molecule has 1 saturated carbocycles. The number of benzene rings is 2. The van der Waals surface area contributed by atoms with Crippen LogP contribution in [0.4, 0.5) is 0 Å². The molecular weight excluding hydrogens is 422 g/mol. The van der Waals surface area contributed by atoms with Gasteiger partial charge in [0.25, 0.3) is 0 Å². The van der Waals surface area contributed by atoms with Crippen molar-refractivity contribution in [1.29, 1.82) is 0 Å². The average Bonchev–Trinajstić information content (AvgIpc) is 3.34. The molecule has 1 unspecified atom stereocenters. The first kappa shape index (κ1) is 22.7. The second kappa shape index (κ2) is 10.1. The molecule has 2 aliphatic rings. The van der Waals surface area contributed by atoms with Gasteiger partial charge in [0.1, 0.15) is 0 Å². The Labute approximate surface area is 201 Å². The second-order valence-electron chi connectivity index (χ2n) is 9.91. The van der Waals surface area contributed by atoms with E-state index in [1.54, 1.807) is 6.20 Å². The molecule has 0 spiro atoms. The van der Waals surface area contributed by atoms with Gasteiger partial charge < -0.3 is 10.6 Å². The van der Waals surface area contributed by atoms with Crippen LogP contribution >= 0.6 is 0 Å². The van der Waals surface area contributed by atoms with Crippen LogP contribution in [0.15, 0.2) is 66.9 Å². The van der Waals surface area contributed by atoms with Crippen molar-refractivity contribution in [1.82, 2.24) is 9.88 Å². The third-order valence-corrected chi connectivity index (χ3v) is 7.81. The van der Waals surface area contributed by atoms with E-state index in [1.165, 1.54) is 0 Å². The van der Waals surface area contributed by atoms with Crippen molar-refractivity contribution in [3.05, 3.63) is 78.0 Å². The molecule has 1 aliphatic heterocycles. The lowest BCUT2D eigenvalue weighted by Crippen LogP contribution is -2.46. The van der Waals surface area contributed by atoms with E-state index < -0.39 is 6.04 Å². The van der Waals surface area contributed by atoms with E-state index in [0.29, 0.717) is 25.4 Å². The Balaban J connectivity index is 1.39. The number of hydrogen-bond acceptors (Lipinski definition) is 4. The number of carbonyl (C=O) groups is 2. The van der Waals surface area contributed by atoms with Gasteiger partial charge in [0.05, 0.1) is 11.6 Å². The number of nitrogens with two attached hydrogens (primary N) is 1. The van der Waals surface area contributed by atoms with Gasteiger partial charge in [-0.1, -0.05) is 42.5 Å². The van der Waals surface area contributed by atoms with Crippen molar-refractivity contribution >= 4 is 22.6 Å². The summed E-state index contributed by atoms with van der Waals surface area (Å²) in [6.07, 6.45) is 6.70. The minimum Gasteiger partial charge on any atom is -0.332 e. The van der Waals surface area contributed by atoms with Gasteiger partial charge in [-0.3, -0.25) is 14.6 Å². The van der Waals surface area contributed by atoms with Gasteiger partial charge in [-0.2, -0.15) is 0 Å². The molecule has 1 aliphatic carbocycles. The maximum absolute atomic E-state index is 13.8. The lowest BCUT2D eigenvalue weighted by Gasteiger charge is -2.33. The average molecular weight is 456 g/mol. The topological polar surface area (TPSA) is 76.3 Å². The lowest BCUT2D eigenvalue weighted by molar-refractivity contribution is -0.142. The Morgan fingerprint density at radius 2 is 1.74 bits per heavy atom. The Morgan fingerprint density at radius 3 is 2.50 bits per heavy atom. The van der Waals surface area contributed by atoms with Crippen LogP contribution in [0.25, 0.3) is 10.9 Å². The number of fused-ring (bicyclic) bond motifs is 1. The molecule has 2 heterocycles. The Kier molecular flexibility index (Phi) is 6.73. The van der Waals surface area contributed by atoms with Crippen LogP contribution in [0.1, 0.15) is 49.1 Å². The first-order chi connectivity index (χ1) is 16.6. The molecule has 2 aromatic carbocycles. The van der Waals surface area contributed by atoms with Gasteiger partial charge in [-0.15, -0.1) is 0 Å². The fourth-order valence-electron chi connectivity index (χ4n) is 5.91.